The number of rotatable bonds is 3. The highest BCUT2D eigenvalue weighted by Gasteiger charge is 2.18. The minimum absolute atomic E-state index is 0.325. The molecule has 72 valence electrons. The summed E-state index contributed by atoms with van der Waals surface area (Å²) in [5.74, 6) is 0.921. The zero-order chi connectivity index (χ0) is 8.97. The molecule has 1 rings (SSSR count). The van der Waals surface area contributed by atoms with Crippen LogP contribution in [0.25, 0.3) is 0 Å². The van der Waals surface area contributed by atoms with E-state index in [1.165, 1.54) is 19.3 Å². The maximum Gasteiger partial charge on any atom is 0.0104 e. The number of hydrogen-bond acceptors (Lipinski definition) is 3. The molecule has 0 heterocycles. The van der Waals surface area contributed by atoms with Gasteiger partial charge in [-0.2, -0.15) is 12.6 Å². The van der Waals surface area contributed by atoms with E-state index in [4.69, 9.17) is 0 Å². The summed E-state index contributed by atoms with van der Waals surface area (Å²) in [6, 6.07) is 0. The van der Waals surface area contributed by atoms with Crippen molar-refractivity contribution in [2.45, 2.75) is 37.4 Å². The third-order valence-corrected chi connectivity index (χ3v) is 3.49. The Bertz CT molecular complexity index is 161. The van der Waals surface area contributed by atoms with Gasteiger partial charge in [0.2, 0.25) is 0 Å². The molecule has 4 heteroatoms. The standard InChI is InChI=1S/C8H16O2S2/c9-12(10)5-4-7-2-1-3-8(11)6-7/h7-8,11H,1-6H2,(H,9,10)/p-1. The van der Waals surface area contributed by atoms with Gasteiger partial charge in [0.15, 0.2) is 0 Å². The second-order valence-corrected chi connectivity index (χ2v) is 5.23. The topological polar surface area (TPSA) is 40.1 Å². The highest BCUT2D eigenvalue weighted by molar-refractivity contribution is 7.81. The summed E-state index contributed by atoms with van der Waals surface area (Å²) in [7, 11) is 0. The fraction of sp³-hybridized carbons (Fsp3) is 1.00. The molecule has 0 spiro atoms. The zero-order valence-electron chi connectivity index (χ0n) is 7.07. The van der Waals surface area contributed by atoms with Crippen LogP contribution in [0, 0.1) is 5.92 Å². The Hall–Kier alpha value is 0.460. The van der Waals surface area contributed by atoms with Crippen molar-refractivity contribution in [1.82, 2.24) is 0 Å². The lowest BCUT2D eigenvalue weighted by atomic mass is 9.87. The molecule has 0 saturated heterocycles. The van der Waals surface area contributed by atoms with E-state index in [0.717, 1.165) is 12.8 Å². The fourth-order valence-electron chi connectivity index (χ4n) is 1.79. The van der Waals surface area contributed by atoms with E-state index in [9.17, 15) is 8.76 Å². The van der Waals surface area contributed by atoms with Crippen LogP contribution < -0.4 is 0 Å². The molecule has 0 aromatic rings. The molecule has 0 bridgehead atoms. The Balaban J connectivity index is 2.18. The summed E-state index contributed by atoms with van der Waals surface area (Å²) in [6.07, 6.45) is 5.52. The summed E-state index contributed by atoms with van der Waals surface area (Å²) in [5.41, 5.74) is 0. The smallest absolute Gasteiger partial charge is 0.0104 e. The Kier molecular flexibility index (Phi) is 4.61. The van der Waals surface area contributed by atoms with Crippen LogP contribution in [0.3, 0.4) is 0 Å². The molecule has 3 atom stereocenters. The van der Waals surface area contributed by atoms with Crippen LogP contribution in [0.15, 0.2) is 0 Å². The minimum Gasteiger partial charge on any atom is -0.772 e. The zero-order valence-corrected chi connectivity index (χ0v) is 8.78. The largest absolute Gasteiger partial charge is 0.772 e. The predicted octanol–water partition coefficient (Wildman–Crippen LogP) is 1.74. The minimum atomic E-state index is -1.85. The van der Waals surface area contributed by atoms with E-state index < -0.39 is 11.1 Å². The van der Waals surface area contributed by atoms with Crippen molar-refractivity contribution in [2.75, 3.05) is 5.75 Å². The van der Waals surface area contributed by atoms with Crippen LogP contribution in [0.4, 0.5) is 0 Å². The van der Waals surface area contributed by atoms with Crippen molar-refractivity contribution < 1.29 is 8.76 Å². The molecule has 0 aliphatic heterocycles. The average Bonchev–Trinajstić information content (AvgIpc) is 2.01. The first kappa shape index (κ1) is 10.5. The maximum absolute atomic E-state index is 10.3. The predicted molar refractivity (Wildman–Crippen MR) is 53.1 cm³/mol. The number of thiol groups is 1. The molecule has 0 aromatic carbocycles. The first-order valence-electron chi connectivity index (χ1n) is 4.42. The molecule has 0 amide bonds. The molecule has 1 fully saturated rings. The van der Waals surface area contributed by atoms with Gasteiger partial charge in [-0.25, -0.2) is 0 Å². The quantitative estimate of drug-likeness (QED) is 0.565. The van der Waals surface area contributed by atoms with E-state index in [-0.39, 0.29) is 0 Å². The highest BCUT2D eigenvalue weighted by Crippen LogP contribution is 2.29. The van der Waals surface area contributed by atoms with Crippen LogP contribution in [-0.2, 0) is 11.1 Å². The van der Waals surface area contributed by atoms with Crippen molar-refractivity contribution in [3.05, 3.63) is 0 Å². The summed E-state index contributed by atoms with van der Waals surface area (Å²) in [5, 5.41) is 0.504. The van der Waals surface area contributed by atoms with E-state index in [1.807, 2.05) is 0 Å². The normalized spacial score (nSPS) is 33.2. The Labute approximate surface area is 81.8 Å². The van der Waals surface area contributed by atoms with E-state index in [2.05, 4.69) is 12.6 Å². The Morgan fingerprint density at radius 3 is 2.83 bits per heavy atom. The van der Waals surface area contributed by atoms with Crippen molar-refractivity contribution in [1.29, 1.82) is 0 Å². The molecule has 0 N–H and O–H groups in total. The maximum atomic E-state index is 10.3. The molecule has 1 saturated carbocycles. The third kappa shape index (κ3) is 3.92. The first-order valence-corrected chi connectivity index (χ1v) is 6.18. The van der Waals surface area contributed by atoms with Gasteiger partial charge in [-0.15, -0.1) is 0 Å². The lowest BCUT2D eigenvalue weighted by Crippen LogP contribution is -2.17. The van der Waals surface area contributed by atoms with E-state index in [0.29, 0.717) is 16.9 Å². The van der Waals surface area contributed by atoms with E-state index in [1.54, 1.807) is 0 Å². The molecule has 0 aromatic heterocycles. The van der Waals surface area contributed by atoms with Gasteiger partial charge in [0.1, 0.15) is 0 Å². The van der Waals surface area contributed by atoms with Crippen LogP contribution in [0.5, 0.6) is 0 Å². The third-order valence-electron chi connectivity index (χ3n) is 2.45. The molecular formula is C8H15O2S2-. The van der Waals surface area contributed by atoms with Gasteiger partial charge in [-0.1, -0.05) is 23.9 Å². The van der Waals surface area contributed by atoms with Crippen molar-refractivity contribution in [2.24, 2.45) is 5.92 Å². The molecule has 2 nitrogen and oxygen atoms in total. The fourth-order valence-corrected chi connectivity index (χ4v) is 2.79. The molecule has 3 unspecified atom stereocenters. The van der Waals surface area contributed by atoms with Gasteiger partial charge in [-0.3, -0.25) is 4.21 Å². The highest BCUT2D eigenvalue weighted by atomic mass is 32.2. The Morgan fingerprint density at radius 2 is 2.25 bits per heavy atom. The average molecular weight is 207 g/mol. The Morgan fingerprint density at radius 1 is 1.50 bits per heavy atom. The lowest BCUT2D eigenvalue weighted by Gasteiger charge is -2.26. The van der Waals surface area contributed by atoms with Gasteiger partial charge < -0.3 is 4.55 Å². The van der Waals surface area contributed by atoms with Gasteiger partial charge in [0.25, 0.3) is 0 Å². The van der Waals surface area contributed by atoms with Crippen molar-refractivity contribution in [3.63, 3.8) is 0 Å². The summed E-state index contributed by atoms with van der Waals surface area (Å²) >= 11 is 2.56. The summed E-state index contributed by atoms with van der Waals surface area (Å²) in [4.78, 5) is 0. The first-order chi connectivity index (χ1) is 5.68. The monoisotopic (exact) mass is 207 g/mol. The van der Waals surface area contributed by atoms with E-state index >= 15 is 0 Å². The SMILES string of the molecule is O=S([O-])CCC1CCCC(S)C1. The molecular weight excluding hydrogens is 192 g/mol. The number of hydrogen-bond donors (Lipinski definition) is 1. The lowest BCUT2D eigenvalue weighted by molar-refractivity contribution is 0.357. The van der Waals surface area contributed by atoms with Crippen LogP contribution in [0.2, 0.25) is 0 Å². The van der Waals surface area contributed by atoms with Crippen molar-refractivity contribution >= 4 is 23.7 Å². The molecule has 12 heavy (non-hydrogen) atoms. The second-order valence-electron chi connectivity index (χ2n) is 3.48. The van der Waals surface area contributed by atoms with Gasteiger partial charge in [-0.05, 0) is 25.2 Å². The summed E-state index contributed by atoms with van der Waals surface area (Å²) < 4.78 is 20.6. The molecule has 0 radical (unpaired) electrons. The van der Waals surface area contributed by atoms with Gasteiger partial charge >= 0.3 is 0 Å². The van der Waals surface area contributed by atoms with Gasteiger partial charge in [0, 0.05) is 11.0 Å². The second kappa shape index (κ2) is 5.25. The molecule has 1 aliphatic carbocycles. The van der Waals surface area contributed by atoms with Crippen molar-refractivity contribution in [3.8, 4) is 0 Å². The van der Waals surface area contributed by atoms with Crippen LogP contribution in [-0.4, -0.2) is 19.8 Å². The van der Waals surface area contributed by atoms with Crippen LogP contribution >= 0.6 is 12.6 Å². The van der Waals surface area contributed by atoms with Gasteiger partial charge in [0.05, 0.1) is 0 Å². The van der Waals surface area contributed by atoms with Crippen LogP contribution in [0.1, 0.15) is 32.1 Å². The molecule has 1 aliphatic rings. The summed E-state index contributed by atoms with van der Waals surface area (Å²) in [6.45, 7) is 0.